The number of amides is 1. The molecule has 1 amide bonds. The van der Waals surface area contributed by atoms with Gasteiger partial charge < -0.3 is 10.0 Å². The first-order valence-electron chi connectivity index (χ1n) is 6.43. The molecular formula is C12H23N3O3. The minimum Gasteiger partial charge on any atom is -0.480 e. The molecule has 18 heavy (non-hydrogen) atoms. The van der Waals surface area contributed by atoms with Crippen LogP contribution in [-0.4, -0.2) is 84.5 Å². The van der Waals surface area contributed by atoms with Crippen LogP contribution in [0.3, 0.4) is 0 Å². The van der Waals surface area contributed by atoms with Gasteiger partial charge >= 0.3 is 5.97 Å². The van der Waals surface area contributed by atoms with E-state index in [1.807, 2.05) is 11.8 Å². The van der Waals surface area contributed by atoms with Gasteiger partial charge in [-0.25, -0.2) is 0 Å². The first kappa shape index (κ1) is 14.9. The number of carboxylic acids is 1. The van der Waals surface area contributed by atoms with E-state index in [2.05, 4.69) is 4.90 Å². The van der Waals surface area contributed by atoms with Crippen molar-refractivity contribution < 1.29 is 14.7 Å². The van der Waals surface area contributed by atoms with E-state index >= 15 is 0 Å². The van der Waals surface area contributed by atoms with Crippen LogP contribution in [0.25, 0.3) is 0 Å². The molecule has 0 bridgehead atoms. The van der Waals surface area contributed by atoms with Crippen LogP contribution in [-0.2, 0) is 9.59 Å². The lowest BCUT2D eigenvalue weighted by Crippen LogP contribution is -2.40. The van der Waals surface area contributed by atoms with E-state index in [1.54, 1.807) is 11.9 Å². The topological polar surface area (TPSA) is 64.1 Å². The molecule has 1 aliphatic rings. The lowest BCUT2D eigenvalue weighted by molar-refractivity contribution is -0.138. The summed E-state index contributed by atoms with van der Waals surface area (Å²) in [5.41, 5.74) is 0. The number of carbonyl (C=O) groups is 2. The molecule has 0 saturated carbocycles. The highest BCUT2D eigenvalue weighted by Gasteiger charge is 2.19. The predicted molar refractivity (Wildman–Crippen MR) is 68.4 cm³/mol. The van der Waals surface area contributed by atoms with Crippen molar-refractivity contribution in [1.82, 2.24) is 14.7 Å². The van der Waals surface area contributed by atoms with Gasteiger partial charge in [-0.15, -0.1) is 0 Å². The van der Waals surface area contributed by atoms with Crippen molar-refractivity contribution in [1.29, 1.82) is 0 Å². The Kier molecular flexibility index (Phi) is 6.07. The highest BCUT2D eigenvalue weighted by atomic mass is 16.4. The third kappa shape index (κ3) is 5.01. The highest BCUT2D eigenvalue weighted by Crippen LogP contribution is 2.03. The molecule has 0 aromatic rings. The summed E-state index contributed by atoms with van der Waals surface area (Å²) in [5.74, 6) is -0.658. The van der Waals surface area contributed by atoms with E-state index in [9.17, 15) is 9.59 Å². The van der Waals surface area contributed by atoms with Gasteiger partial charge in [0.05, 0.1) is 13.1 Å². The van der Waals surface area contributed by atoms with E-state index < -0.39 is 5.97 Å². The van der Waals surface area contributed by atoms with Crippen LogP contribution >= 0.6 is 0 Å². The lowest BCUT2D eigenvalue weighted by Gasteiger charge is -2.23. The molecule has 104 valence electrons. The lowest BCUT2D eigenvalue weighted by atomic mass is 10.3. The van der Waals surface area contributed by atoms with Gasteiger partial charge in [-0.3, -0.25) is 19.4 Å². The van der Waals surface area contributed by atoms with Crippen LogP contribution in [0.15, 0.2) is 0 Å². The average Bonchev–Trinajstić information content (AvgIpc) is 2.53. The molecule has 6 heteroatoms. The molecule has 1 aliphatic heterocycles. The molecule has 0 aliphatic carbocycles. The summed E-state index contributed by atoms with van der Waals surface area (Å²) in [7, 11) is 1.80. The summed E-state index contributed by atoms with van der Waals surface area (Å²) in [6.45, 7) is 6.33. The number of hydrogen-bond donors (Lipinski definition) is 1. The molecule has 1 rings (SSSR count). The molecule has 1 saturated heterocycles. The van der Waals surface area contributed by atoms with Crippen LogP contribution in [0, 0.1) is 0 Å². The molecule has 0 atom stereocenters. The van der Waals surface area contributed by atoms with E-state index in [0.717, 1.165) is 39.1 Å². The first-order chi connectivity index (χ1) is 8.52. The maximum Gasteiger partial charge on any atom is 0.317 e. The van der Waals surface area contributed by atoms with Crippen molar-refractivity contribution in [2.24, 2.45) is 0 Å². The van der Waals surface area contributed by atoms with Gasteiger partial charge in [0.1, 0.15) is 0 Å². The molecule has 0 radical (unpaired) electrons. The van der Waals surface area contributed by atoms with Crippen LogP contribution in [0.2, 0.25) is 0 Å². The molecule has 0 aromatic carbocycles. The summed E-state index contributed by atoms with van der Waals surface area (Å²) >= 11 is 0. The van der Waals surface area contributed by atoms with Crippen molar-refractivity contribution in [3.63, 3.8) is 0 Å². The van der Waals surface area contributed by atoms with Gasteiger partial charge in [-0.05, 0) is 19.9 Å². The number of rotatable bonds is 5. The van der Waals surface area contributed by atoms with Crippen LogP contribution in [0.5, 0.6) is 0 Å². The Morgan fingerprint density at radius 3 is 2.17 bits per heavy atom. The molecule has 1 heterocycles. The Morgan fingerprint density at radius 1 is 1.11 bits per heavy atom. The molecule has 1 fully saturated rings. The monoisotopic (exact) mass is 257 g/mol. The zero-order chi connectivity index (χ0) is 13.5. The van der Waals surface area contributed by atoms with E-state index in [0.29, 0.717) is 6.54 Å². The van der Waals surface area contributed by atoms with Gasteiger partial charge in [0.15, 0.2) is 0 Å². The van der Waals surface area contributed by atoms with Crippen molar-refractivity contribution in [3.8, 4) is 0 Å². The molecule has 0 spiro atoms. The summed E-state index contributed by atoms with van der Waals surface area (Å²) in [6, 6.07) is 0. The number of hydrogen-bond acceptors (Lipinski definition) is 4. The Hall–Kier alpha value is -1.14. The number of likely N-dealkylation sites (N-methyl/N-ethyl adjacent to an activating group) is 1. The SMILES string of the molecule is CCN(C)C(=O)CN1CCCN(CC(=O)O)CC1. The van der Waals surface area contributed by atoms with Gasteiger partial charge in [0.25, 0.3) is 0 Å². The minimum atomic E-state index is -0.787. The van der Waals surface area contributed by atoms with Gasteiger partial charge in [-0.1, -0.05) is 0 Å². The van der Waals surface area contributed by atoms with Gasteiger partial charge in [0.2, 0.25) is 5.91 Å². The number of carboxylic acid groups (broad SMARTS) is 1. The van der Waals surface area contributed by atoms with Gasteiger partial charge in [0, 0.05) is 33.2 Å². The second-order valence-corrected chi connectivity index (χ2v) is 4.71. The summed E-state index contributed by atoms with van der Waals surface area (Å²) in [6.07, 6.45) is 0.913. The Balaban J connectivity index is 2.37. The maximum atomic E-state index is 11.8. The zero-order valence-electron chi connectivity index (χ0n) is 11.3. The summed E-state index contributed by atoms with van der Waals surface area (Å²) in [4.78, 5) is 28.2. The smallest absolute Gasteiger partial charge is 0.317 e. The summed E-state index contributed by atoms with van der Waals surface area (Å²) < 4.78 is 0. The second kappa shape index (κ2) is 7.33. The normalized spacial score (nSPS) is 18.3. The maximum absolute atomic E-state index is 11.8. The Morgan fingerprint density at radius 2 is 1.67 bits per heavy atom. The predicted octanol–water partition coefficient (Wildman–Crippen LogP) is -0.443. The number of aliphatic carboxylic acids is 1. The van der Waals surface area contributed by atoms with E-state index in [1.165, 1.54) is 0 Å². The molecule has 0 aromatic heterocycles. The van der Waals surface area contributed by atoms with Gasteiger partial charge in [-0.2, -0.15) is 0 Å². The fourth-order valence-electron chi connectivity index (χ4n) is 2.02. The molecule has 1 N–H and O–H groups in total. The quantitative estimate of drug-likeness (QED) is 0.723. The Labute approximate surface area is 108 Å². The fraction of sp³-hybridized carbons (Fsp3) is 0.833. The minimum absolute atomic E-state index is 0.0939. The Bertz CT molecular complexity index is 296. The van der Waals surface area contributed by atoms with Crippen LogP contribution in [0.1, 0.15) is 13.3 Å². The molecule has 0 unspecified atom stereocenters. The largest absolute Gasteiger partial charge is 0.480 e. The third-order valence-corrected chi connectivity index (χ3v) is 3.30. The zero-order valence-corrected chi connectivity index (χ0v) is 11.3. The third-order valence-electron chi connectivity index (χ3n) is 3.30. The number of nitrogens with zero attached hydrogens (tertiary/aromatic N) is 3. The first-order valence-corrected chi connectivity index (χ1v) is 6.43. The van der Waals surface area contributed by atoms with E-state index in [-0.39, 0.29) is 12.5 Å². The van der Waals surface area contributed by atoms with Crippen LogP contribution < -0.4 is 0 Å². The molecule has 6 nitrogen and oxygen atoms in total. The van der Waals surface area contributed by atoms with E-state index in [4.69, 9.17) is 5.11 Å². The molecular weight excluding hydrogens is 234 g/mol. The fourth-order valence-corrected chi connectivity index (χ4v) is 2.02. The summed E-state index contributed by atoms with van der Waals surface area (Å²) in [5, 5.41) is 8.76. The highest BCUT2D eigenvalue weighted by molar-refractivity contribution is 5.77. The average molecular weight is 257 g/mol. The van der Waals surface area contributed by atoms with Crippen molar-refractivity contribution in [2.45, 2.75) is 13.3 Å². The number of carbonyl (C=O) groups excluding carboxylic acids is 1. The van der Waals surface area contributed by atoms with Crippen molar-refractivity contribution >= 4 is 11.9 Å². The van der Waals surface area contributed by atoms with Crippen LogP contribution in [0.4, 0.5) is 0 Å². The van der Waals surface area contributed by atoms with Crippen molar-refractivity contribution in [3.05, 3.63) is 0 Å². The standard InChI is InChI=1S/C12H23N3O3/c1-3-13(2)11(16)9-14-5-4-6-15(8-7-14)10-12(17)18/h3-10H2,1-2H3,(H,17,18). The second-order valence-electron chi connectivity index (χ2n) is 4.71. The van der Waals surface area contributed by atoms with Crippen molar-refractivity contribution in [2.75, 3.05) is 52.9 Å².